The molecule has 1 aliphatic heterocycles. The fourth-order valence-corrected chi connectivity index (χ4v) is 3.50. The minimum absolute atomic E-state index is 0.655. The summed E-state index contributed by atoms with van der Waals surface area (Å²) < 4.78 is 13.1. The number of guanidine groups is 1. The third-order valence-corrected chi connectivity index (χ3v) is 5.18. The molecule has 1 aromatic carbocycles. The van der Waals surface area contributed by atoms with Crippen LogP contribution in [-0.2, 0) is 16.0 Å². The van der Waals surface area contributed by atoms with Crippen molar-refractivity contribution in [2.45, 2.75) is 32.7 Å². The van der Waals surface area contributed by atoms with Gasteiger partial charge in [0.2, 0.25) is 0 Å². The minimum Gasteiger partial charge on any atom is -0.381 e. The van der Waals surface area contributed by atoms with Gasteiger partial charge in [0.15, 0.2) is 5.96 Å². The molecule has 164 valence electrons. The molecule has 0 radical (unpaired) electrons. The molecule has 7 nitrogen and oxygen atoms in total. The average molecular weight is 414 g/mol. The maximum absolute atomic E-state index is 5.85. The lowest BCUT2D eigenvalue weighted by atomic mass is 10.0. The van der Waals surface area contributed by atoms with Gasteiger partial charge in [-0.25, -0.2) is 4.68 Å². The monoisotopic (exact) mass is 413 g/mol. The van der Waals surface area contributed by atoms with Gasteiger partial charge in [-0.05, 0) is 44.2 Å². The molecule has 30 heavy (non-hydrogen) atoms. The third-order valence-electron chi connectivity index (χ3n) is 5.18. The zero-order valence-electron chi connectivity index (χ0n) is 18.3. The van der Waals surface area contributed by atoms with E-state index in [4.69, 9.17) is 14.5 Å². The van der Waals surface area contributed by atoms with Gasteiger partial charge in [-0.1, -0.05) is 18.2 Å². The Bertz CT molecular complexity index is 756. The lowest BCUT2D eigenvalue weighted by Crippen LogP contribution is -2.38. The van der Waals surface area contributed by atoms with Gasteiger partial charge in [0.1, 0.15) is 0 Å². The smallest absolute Gasteiger partial charge is 0.193 e. The Balaban J connectivity index is 1.43. The normalized spacial score (nSPS) is 15.3. The van der Waals surface area contributed by atoms with Crippen LogP contribution in [0, 0.1) is 5.92 Å². The molecule has 0 unspecified atom stereocenters. The Morgan fingerprint density at radius 2 is 2.10 bits per heavy atom. The summed E-state index contributed by atoms with van der Waals surface area (Å²) in [6, 6.07) is 10.2. The van der Waals surface area contributed by atoms with Crippen LogP contribution in [0.1, 0.15) is 31.7 Å². The van der Waals surface area contributed by atoms with Crippen LogP contribution < -0.4 is 5.32 Å². The Labute approximate surface area is 180 Å². The largest absolute Gasteiger partial charge is 0.381 e. The molecule has 1 fully saturated rings. The molecular formula is C23H35N5O2. The van der Waals surface area contributed by atoms with Crippen molar-refractivity contribution < 1.29 is 9.47 Å². The maximum Gasteiger partial charge on any atom is 0.193 e. The molecule has 1 saturated heterocycles. The second-order valence-corrected chi connectivity index (χ2v) is 7.70. The summed E-state index contributed by atoms with van der Waals surface area (Å²) >= 11 is 0. The van der Waals surface area contributed by atoms with Gasteiger partial charge in [-0.15, -0.1) is 0 Å². The van der Waals surface area contributed by atoms with Crippen LogP contribution in [0.15, 0.2) is 47.7 Å². The first kappa shape index (κ1) is 22.3. The van der Waals surface area contributed by atoms with Gasteiger partial charge in [0.05, 0.1) is 11.9 Å². The number of nitrogens with one attached hydrogen (secondary N) is 1. The van der Waals surface area contributed by atoms with Crippen LogP contribution in [0.25, 0.3) is 5.69 Å². The van der Waals surface area contributed by atoms with Crippen LogP contribution in [0.2, 0.25) is 0 Å². The molecule has 2 aromatic rings. The number of aromatic nitrogens is 2. The summed E-state index contributed by atoms with van der Waals surface area (Å²) in [6.45, 7) is 7.79. The highest BCUT2D eigenvalue weighted by Crippen LogP contribution is 2.14. The fourth-order valence-electron chi connectivity index (χ4n) is 3.50. The topological polar surface area (TPSA) is 63.9 Å². The number of hydrogen-bond donors (Lipinski definition) is 1. The lowest BCUT2D eigenvalue weighted by molar-refractivity contribution is 0.0205. The van der Waals surface area contributed by atoms with Crippen LogP contribution in [-0.4, -0.2) is 67.2 Å². The first-order valence-corrected chi connectivity index (χ1v) is 11.0. The summed E-state index contributed by atoms with van der Waals surface area (Å²) in [5.41, 5.74) is 2.21. The molecule has 1 aliphatic rings. The van der Waals surface area contributed by atoms with Crippen molar-refractivity contribution in [1.82, 2.24) is 20.0 Å². The zero-order valence-corrected chi connectivity index (χ0v) is 18.3. The third kappa shape index (κ3) is 7.15. The van der Waals surface area contributed by atoms with Gasteiger partial charge in [0, 0.05) is 64.9 Å². The Morgan fingerprint density at radius 1 is 1.30 bits per heavy atom. The van der Waals surface area contributed by atoms with E-state index in [2.05, 4.69) is 47.6 Å². The summed E-state index contributed by atoms with van der Waals surface area (Å²) in [5, 5.41) is 7.86. The molecule has 0 aliphatic carbocycles. The molecular weight excluding hydrogens is 378 g/mol. The van der Waals surface area contributed by atoms with Crippen molar-refractivity contribution in [3.8, 4) is 5.69 Å². The molecule has 0 bridgehead atoms. The van der Waals surface area contributed by atoms with E-state index in [1.165, 1.54) is 0 Å². The van der Waals surface area contributed by atoms with E-state index in [0.717, 1.165) is 82.5 Å². The highest BCUT2D eigenvalue weighted by Gasteiger charge is 2.13. The van der Waals surface area contributed by atoms with Crippen LogP contribution in [0.5, 0.6) is 0 Å². The van der Waals surface area contributed by atoms with Crippen molar-refractivity contribution in [1.29, 1.82) is 0 Å². The van der Waals surface area contributed by atoms with Crippen molar-refractivity contribution in [3.63, 3.8) is 0 Å². The predicted octanol–water partition coefficient (Wildman–Crippen LogP) is 3.10. The van der Waals surface area contributed by atoms with Crippen LogP contribution in [0.3, 0.4) is 0 Å². The number of ether oxygens (including phenoxy) is 2. The summed E-state index contributed by atoms with van der Waals surface area (Å²) in [7, 11) is 2.06. The molecule has 0 atom stereocenters. The van der Waals surface area contributed by atoms with Crippen molar-refractivity contribution >= 4 is 5.96 Å². The van der Waals surface area contributed by atoms with Crippen LogP contribution >= 0.6 is 0 Å². The first-order valence-electron chi connectivity index (χ1n) is 11.0. The van der Waals surface area contributed by atoms with E-state index in [9.17, 15) is 0 Å². The van der Waals surface area contributed by atoms with E-state index < -0.39 is 0 Å². The number of aliphatic imine (C=N–C) groups is 1. The molecule has 1 N–H and O–H groups in total. The number of rotatable bonds is 10. The van der Waals surface area contributed by atoms with E-state index in [-0.39, 0.29) is 0 Å². The van der Waals surface area contributed by atoms with E-state index in [1.54, 1.807) is 0 Å². The van der Waals surface area contributed by atoms with E-state index >= 15 is 0 Å². The fraction of sp³-hybridized carbons (Fsp3) is 0.565. The van der Waals surface area contributed by atoms with Crippen LogP contribution in [0.4, 0.5) is 0 Å². The lowest BCUT2D eigenvalue weighted by Gasteiger charge is -2.22. The summed E-state index contributed by atoms with van der Waals surface area (Å²) in [6.07, 6.45) is 7.15. The standard InChI is InChI=1S/C23H35N5O2/c1-3-24-23(25-12-7-13-30-19-20-10-14-29-15-11-20)27(2)17-21-16-26-28(18-21)22-8-5-4-6-9-22/h4-6,8-9,16,18,20H,3,7,10-15,17,19H2,1-2H3,(H,24,25). The summed E-state index contributed by atoms with van der Waals surface area (Å²) in [5.74, 6) is 1.57. The minimum atomic E-state index is 0.655. The molecule has 0 amide bonds. The Kier molecular flexibility index (Phi) is 9.18. The second-order valence-electron chi connectivity index (χ2n) is 7.70. The first-order chi connectivity index (χ1) is 14.8. The quantitative estimate of drug-likeness (QED) is 0.368. The second kappa shape index (κ2) is 12.3. The number of benzene rings is 1. The van der Waals surface area contributed by atoms with Crippen molar-refractivity contribution in [3.05, 3.63) is 48.3 Å². The SMILES string of the molecule is CCNC(=NCCCOCC1CCOCC1)N(C)Cc1cnn(-c2ccccc2)c1. The average Bonchev–Trinajstić information content (AvgIpc) is 3.25. The summed E-state index contributed by atoms with van der Waals surface area (Å²) in [4.78, 5) is 6.90. The Hall–Kier alpha value is -2.38. The molecule has 0 spiro atoms. The maximum atomic E-state index is 5.85. The van der Waals surface area contributed by atoms with E-state index in [0.29, 0.717) is 5.92 Å². The highest BCUT2D eigenvalue weighted by molar-refractivity contribution is 5.79. The van der Waals surface area contributed by atoms with Gasteiger partial charge in [0.25, 0.3) is 0 Å². The van der Waals surface area contributed by atoms with E-state index in [1.807, 2.05) is 29.1 Å². The molecule has 1 aromatic heterocycles. The predicted molar refractivity (Wildman–Crippen MR) is 120 cm³/mol. The number of para-hydroxylation sites is 1. The zero-order chi connectivity index (χ0) is 21.0. The number of hydrogen-bond acceptors (Lipinski definition) is 4. The van der Waals surface area contributed by atoms with Crippen molar-refractivity contribution in [2.24, 2.45) is 10.9 Å². The molecule has 0 saturated carbocycles. The van der Waals surface area contributed by atoms with Crippen molar-refractivity contribution in [2.75, 3.05) is 46.6 Å². The van der Waals surface area contributed by atoms with Gasteiger partial charge < -0.3 is 19.7 Å². The molecule has 2 heterocycles. The van der Waals surface area contributed by atoms with Gasteiger partial charge in [-0.3, -0.25) is 4.99 Å². The molecule has 3 rings (SSSR count). The Morgan fingerprint density at radius 3 is 2.87 bits per heavy atom. The number of nitrogens with zero attached hydrogens (tertiary/aromatic N) is 4. The van der Waals surface area contributed by atoms with Gasteiger partial charge >= 0.3 is 0 Å². The van der Waals surface area contributed by atoms with Gasteiger partial charge in [-0.2, -0.15) is 5.10 Å². The highest BCUT2D eigenvalue weighted by atomic mass is 16.5. The molecule has 7 heteroatoms.